The van der Waals surface area contributed by atoms with E-state index in [4.69, 9.17) is 16.0 Å². The fraction of sp³-hybridized carbons (Fsp3) is 0.438. The summed E-state index contributed by atoms with van der Waals surface area (Å²) in [6.07, 6.45) is -3.60. The molecule has 3 rings (SSSR count). The van der Waals surface area contributed by atoms with Crippen molar-refractivity contribution < 1.29 is 22.7 Å². The predicted octanol–water partition coefficient (Wildman–Crippen LogP) is 3.73. The third kappa shape index (κ3) is 4.16. The Hall–Kier alpha value is -1.94. The van der Waals surface area contributed by atoms with Gasteiger partial charge in [0.05, 0.1) is 17.3 Å². The van der Waals surface area contributed by atoms with Gasteiger partial charge in [-0.15, -0.1) is 24.8 Å². The molecule has 0 spiro atoms. The third-order valence-electron chi connectivity index (χ3n) is 3.99. The van der Waals surface area contributed by atoms with Gasteiger partial charge in [0.25, 0.3) is 0 Å². The van der Waals surface area contributed by atoms with Crippen molar-refractivity contribution in [3.63, 3.8) is 0 Å². The van der Waals surface area contributed by atoms with Crippen molar-refractivity contribution in [2.45, 2.75) is 30.8 Å². The highest BCUT2D eigenvalue weighted by Gasteiger charge is 2.35. The van der Waals surface area contributed by atoms with Gasteiger partial charge in [-0.2, -0.15) is 21.5 Å². The van der Waals surface area contributed by atoms with Crippen LogP contribution in [0, 0.1) is 6.92 Å². The Labute approximate surface area is 161 Å². The fourth-order valence-corrected chi connectivity index (χ4v) is 4.18. The average Bonchev–Trinajstić information content (AvgIpc) is 2.87. The molecule has 0 fully saturated rings. The lowest BCUT2D eigenvalue weighted by atomic mass is 10.0. The molecule has 1 aliphatic heterocycles. The lowest BCUT2D eigenvalue weighted by Gasteiger charge is -2.15. The average molecular weight is 422 g/mol. The summed E-state index contributed by atoms with van der Waals surface area (Å²) in [6.45, 7) is 1.88. The van der Waals surface area contributed by atoms with E-state index in [1.165, 1.54) is 24.8 Å². The van der Waals surface area contributed by atoms with Crippen LogP contribution in [0.1, 0.15) is 34.3 Å². The molecule has 0 radical (unpaired) electrons. The van der Waals surface area contributed by atoms with E-state index in [1.54, 1.807) is 0 Å². The van der Waals surface area contributed by atoms with Crippen LogP contribution in [0.5, 0.6) is 5.75 Å². The summed E-state index contributed by atoms with van der Waals surface area (Å²) in [4.78, 5) is 16.5. The molecule has 0 aromatic carbocycles. The summed E-state index contributed by atoms with van der Waals surface area (Å²) in [7, 11) is 0. The van der Waals surface area contributed by atoms with Gasteiger partial charge in [0.1, 0.15) is 17.1 Å². The number of thioether (sulfide) groups is 1. The highest BCUT2D eigenvalue weighted by atomic mass is 35.5. The summed E-state index contributed by atoms with van der Waals surface area (Å²) >= 11 is 7.18. The van der Waals surface area contributed by atoms with Crippen molar-refractivity contribution in [2.24, 2.45) is 4.99 Å². The maximum atomic E-state index is 13.0. The largest absolute Gasteiger partial charge is 0.507 e. The molecule has 0 saturated heterocycles. The SMILES string of the molecule is Cc1cc(O)c(C2=NCCSC(c3cn(C(F)(F)F)nc3CCl)C2)c(=O)o1. The zero-order chi connectivity index (χ0) is 19.8. The second kappa shape index (κ2) is 7.59. The highest BCUT2D eigenvalue weighted by Crippen LogP contribution is 2.39. The molecular formula is C16H15ClF3N3O3S. The number of hydrogen-bond acceptors (Lipinski definition) is 6. The van der Waals surface area contributed by atoms with Gasteiger partial charge < -0.3 is 9.52 Å². The minimum absolute atomic E-state index is 0.0660. The van der Waals surface area contributed by atoms with E-state index in [0.29, 0.717) is 17.9 Å². The predicted molar refractivity (Wildman–Crippen MR) is 95.7 cm³/mol. The van der Waals surface area contributed by atoms with Gasteiger partial charge >= 0.3 is 11.9 Å². The minimum atomic E-state index is -4.65. The summed E-state index contributed by atoms with van der Waals surface area (Å²) in [6, 6.07) is 1.30. The van der Waals surface area contributed by atoms with E-state index >= 15 is 0 Å². The second-order valence-corrected chi connectivity index (χ2v) is 7.45. The number of nitrogens with zero attached hydrogens (tertiary/aromatic N) is 3. The van der Waals surface area contributed by atoms with Crippen molar-refractivity contribution in [1.29, 1.82) is 0 Å². The standard InChI is InChI=1S/C16H15ClF3N3O3S/c1-8-4-12(24)14(15(25)26-8)10-5-13(27-3-2-21-10)9-7-23(16(18,19)20)22-11(9)6-17/h4,7,13,24H,2-3,5-6H2,1H3. The van der Waals surface area contributed by atoms with Crippen LogP contribution < -0.4 is 5.63 Å². The van der Waals surface area contributed by atoms with Crippen LogP contribution in [0.4, 0.5) is 13.2 Å². The summed E-state index contributed by atoms with van der Waals surface area (Å²) in [5, 5.41) is 13.2. The zero-order valence-electron chi connectivity index (χ0n) is 14.1. The lowest BCUT2D eigenvalue weighted by molar-refractivity contribution is -0.212. The molecule has 0 aliphatic carbocycles. The first kappa shape index (κ1) is 19.8. The normalized spacial score (nSPS) is 18.3. The van der Waals surface area contributed by atoms with Crippen molar-refractivity contribution in [2.75, 3.05) is 12.3 Å². The zero-order valence-corrected chi connectivity index (χ0v) is 15.7. The maximum absolute atomic E-state index is 13.0. The first-order valence-corrected chi connectivity index (χ1v) is 9.49. The molecule has 3 heterocycles. The van der Waals surface area contributed by atoms with Crippen molar-refractivity contribution >= 4 is 29.1 Å². The molecular weight excluding hydrogens is 407 g/mol. The molecule has 0 amide bonds. The van der Waals surface area contributed by atoms with Gasteiger partial charge in [-0.05, 0) is 6.92 Å². The first-order chi connectivity index (χ1) is 12.7. The van der Waals surface area contributed by atoms with Gasteiger partial charge in [0.15, 0.2) is 0 Å². The van der Waals surface area contributed by atoms with E-state index < -0.39 is 17.2 Å². The lowest BCUT2D eigenvalue weighted by Crippen LogP contribution is -2.17. The van der Waals surface area contributed by atoms with Gasteiger partial charge in [-0.3, -0.25) is 4.99 Å². The number of hydrogen-bond donors (Lipinski definition) is 1. The molecule has 146 valence electrons. The van der Waals surface area contributed by atoms with E-state index in [0.717, 1.165) is 6.20 Å². The van der Waals surface area contributed by atoms with Gasteiger partial charge in [-0.1, -0.05) is 0 Å². The first-order valence-electron chi connectivity index (χ1n) is 7.91. The van der Waals surface area contributed by atoms with Crippen LogP contribution in [0.2, 0.25) is 0 Å². The Morgan fingerprint density at radius 3 is 2.85 bits per heavy atom. The number of alkyl halides is 4. The van der Waals surface area contributed by atoms with Crippen molar-refractivity contribution in [3.8, 4) is 5.75 Å². The van der Waals surface area contributed by atoms with E-state index in [2.05, 4.69) is 10.1 Å². The Kier molecular flexibility index (Phi) is 5.57. The molecule has 1 atom stereocenters. The van der Waals surface area contributed by atoms with Crippen LogP contribution in [-0.4, -0.2) is 32.9 Å². The number of aromatic nitrogens is 2. The molecule has 0 saturated carbocycles. The summed E-state index contributed by atoms with van der Waals surface area (Å²) in [5.74, 6) is 0.333. The molecule has 27 heavy (non-hydrogen) atoms. The van der Waals surface area contributed by atoms with Crippen LogP contribution in [0.15, 0.2) is 26.5 Å². The third-order valence-corrected chi connectivity index (χ3v) is 5.48. The molecule has 1 unspecified atom stereocenters. The van der Waals surface area contributed by atoms with Crippen molar-refractivity contribution in [1.82, 2.24) is 9.78 Å². The van der Waals surface area contributed by atoms with Gasteiger partial charge in [0, 0.05) is 41.8 Å². The number of aliphatic imine (C=N–C) groups is 1. The Bertz CT molecular complexity index is 939. The van der Waals surface area contributed by atoms with E-state index in [9.17, 15) is 23.1 Å². The van der Waals surface area contributed by atoms with Crippen LogP contribution in [0.3, 0.4) is 0 Å². The molecule has 0 bridgehead atoms. The molecule has 2 aromatic heterocycles. The Balaban J connectivity index is 2.00. The smallest absolute Gasteiger partial charge is 0.504 e. The Morgan fingerprint density at radius 2 is 2.22 bits per heavy atom. The summed E-state index contributed by atoms with van der Waals surface area (Å²) < 4.78 is 43.9. The second-order valence-electron chi connectivity index (χ2n) is 5.87. The highest BCUT2D eigenvalue weighted by molar-refractivity contribution is 7.99. The monoisotopic (exact) mass is 421 g/mol. The van der Waals surface area contributed by atoms with Crippen molar-refractivity contribution in [3.05, 3.63) is 45.3 Å². The van der Waals surface area contributed by atoms with Crippen LogP contribution in [0.25, 0.3) is 0 Å². The molecule has 1 N–H and O–H groups in total. The van der Waals surface area contributed by atoms with Crippen LogP contribution in [-0.2, 0) is 12.2 Å². The molecule has 6 nitrogen and oxygen atoms in total. The minimum Gasteiger partial charge on any atom is -0.507 e. The van der Waals surface area contributed by atoms with E-state index in [-0.39, 0.29) is 45.5 Å². The summed E-state index contributed by atoms with van der Waals surface area (Å²) in [5.41, 5.74) is -0.0634. The number of halogens is 4. The maximum Gasteiger partial charge on any atom is 0.504 e. The molecule has 1 aliphatic rings. The fourth-order valence-electron chi connectivity index (χ4n) is 2.84. The van der Waals surface area contributed by atoms with E-state index in [1.807, 2.05) is 0 Å². The quantitative estimate of drug-likeness (QED) is 0.764. The number of aryl methyl sites for hydroxylation is 1. The van der Waals surface area contributed by atoms with Gasteiger partial charge in [0.2, 0.25) is 0 Å². The molecule has 11 heteroatoms. The molecule has 2 aromatic rings. The topological polar surface area (TPSA) is 80.6 Å². The Morgan fingerprint density at radius 1 is 1.48 bits per heavy atom. The van der Waals surface area contributed by atoms with Crippen LogP contribution >= 0.6 is 23.4 Å². The van der Waals surface area contributed by atoms with Gasteiger partial charge in [-0.25, -0.2) is 4.79 Å². The number of aromatic hydroxyl groups is 1. The number of rotatable bonds is 3.